The standard InChI is InChI=1S/C6H8.C2H6O/c1-2-4-6-5-3-1;1-2-3/h1-4H,5-6H2;3H,2H2,1H3. The molecule has 1 aliphatic carbocycles. The first-order valence-corrected chi connectivity index (χ1v) is 3.34. The summed E-state index contributed by atoms with van der Waals surface area (Å²) in [6.45, 7) is 1.93. The van der Waals surface area contributed by atoms with Crippen molar-refractivity contribution in [3.63, 3.8) is 0 Å². The zero-order valence-electron chi connectivity index (χ0n) is 5.88. The number of rotatable bonds is 0. The van der Waals surface area contributed by atoms with E-state index in [0.717, 1.165) is 0 Å². The van der Waals surface area contributed by atoms with Gasteiger partial charge in [-0.15, -0.1) is 0 Å². The molecule has 0 spiro atoms. The third-order valence-corrected chi connectivity index (χ3v) is 0.883. The summed E-state index contributed by atoms with van der Waals surface area (Å²) in [7, 11) is 0. The molecule has 0 amide bonds. The van der Waals surface area contributed by atoms with Crippen molar-refractivity contribution in [3.05, 3.63) is 24.3 Å². The van der Waals surface area contributed by atoms with Crippen LogP contribution in [0.15, 0.2) is 24.3 Å². The SMILES string of the molecule is C1=CCCC=C1.CCO. The van der Waals surface area contributed by atoms with Crippen molar-refractivity contribution in [2.24, 2.45) is 0 Å². The molecule has 0 saturated heterocycles. The topological polar surface area (TPSA) is 20.2 Å². The Labute approximate surface area is 56.7 Å². The number of aliphatic hydroxyl groups excluding tert-OH is 1. The molecule has 0 unspecified atom stereocenters. The number of hydrogen-bond acceptors (Lipinski definition) is 1. The molecule has 1 N–H and O–H groups in total. The predicted molar refractivity (Wildman–Crippen MR) is 40.3 cm³/mol. The fourth-order valence-corrected chi connectivity index (χ4v) is 0.542. The van der Waals surface area contributed by atoms with Gasteiger partial charge in [-0.25, -0.2) is 0 Å². The van der Waals surface area contributed by atoms with Crippen LogP contribution in [0.2, 0.25) is 0 Å². The van der Waals surface area contributed by atoms with Gasteiger partial charge in [-0.1, -0.05) is 24.3 Å². The minimum Gasteiger partial charge on any atom is -0.397 e. The molecule has 0 aromatic rings. The summed E-state index contributed by atoms with van der Waals surface area (Å²) in [4.78, 5) is 0. The molecule has 0 aliphatic heterocycles. The number of hydrogen-bond donors (Lipinski definition) is 1. The van der Waals surface area contributed by atoms with Gasteiger partial charge >= 0.3 is 0 Å². The van der Waals surface area contributed by atoms with E-state index in [1.807, 2.05) is 0 Å². The first kappa shape index (κ1) is 8.44. The zero-order valence-corrected chi connectivity index (χ0v) is 5.88. The van der Waals surface area contributed by atoms with Crippen molar-refractivity contribution in [2.45, 2.75) is 19.8 Å². The molecule has 9 heavy (non-hydrogen) atoms. The summed E-state index contributed by atoms with van der Waals surface area (Å²) >= 11 is 0. The second kappa shape index (κ2) is 7.44. The van der Waals surface area contributed by atoms with Crippen molar-refractivity contribution < 1.29 is 5.11 Å². The van der Waals surface area contributed by atoms with Gasteiger partial charge in [-0.05, 0) is 19.8 Å². The first-order chi connectivity index (χ1) is 4.41. The summed E-state index contributed by atoms with van der Waals surface area (Å²) in [5.74, 6) is 0. The van der Waals surface area contributed by atoms with Gasteiger partial charge in [0.05, 0.1) is 0 Å². The molecular weight excluding hydrogens is 112 g/mol. The fraction of sp³-hybridized carbons (Fsp3) is 0.500. The van der Waals surface area contributed by atoms with E-state index >= 15 is 0 Å². The second-order valence-electron chi connectivity index (χ2n) is 1.75. The Kier molecular flexibility index (Phi) is 6.98. The summed E-state index contributed by atoms with van der Waals surface area (Å²) in [5, 5.41) is 7.57. The number of allylic oxidation sites excluding steroid dienone is 4. The van der Waals surface area contributed by atoms with Gasteiger partial charge in [0, 0.05) is 6.61 Å². The van der Waals surface area contributed by atoms with Crippen molar-refractivity contribution in [1.29, 1.82) is 0 Å². The summed E-state index contributed by atoms with van der Waals surface area (Å²) in [6, 6.07) is 0. The highest BCUT2D eigenvalue weighted by atomic mass is 16.2. The molecule has 0 aromatic carbocycles. The molecule has 52 valence electrons. The van der Waals surface area contributed by atoms with Crippen LogP contribution in [0, 0.1) is 0 Å². The summed E-state index contributed by atoms with van der Waals surface area (Å²) in [6.07, 6.45) is 11.0. The van der Waals surface area contributed by atoms with Crippen LogP contribution < -0.4 is 0 Å². The minimum absolute atomic E-state index is 0.250. The Balaban J connectivity index is 0.000000187. The zero-order chi connectivity index (χ0) is 6.95. The lowest BCUT2D eigenvalue weighted by molar-refractivity contribution is 0.318. The Bertz CT molecular complexity index is 80.7. The van der Waals surface area contributed by atoms with Gasteiger partial charge in [0.1, 0.15) is 0 Å². The highest BCUT2D eigenvalue weighted by molar-refractivity contribution is 5.07. The lowest BCUT2D eigenvalue weighted by Gasteiger charge is -1.88. The Hall–Kier alpha value is -0.560. The maximum atomic E-state index is 7.57. The van der Waals surface area contributed by atoms with E-state index in [-0.39, 0.29) is 6.61 Å². The molecule has 0 radical (unpaired) electrons. The van der Waals surface area contributed by atoms with E-state index in [1.165, 1.54) is 12.8 Å². The van der Waals surface area contributed by atoms with Crippen molar-refractivity contribution in [3.8, 4) is 0 Å². The molecule has 0 heterocycles. The highest BCUT2D eigenvalue weighted by Gasteiger charge is 1.77. The van der Waals surface area contributed by atoms with Crippen molar-refractivity contribution in [1.82, 2.24) is 0 Å². The average Bonchev–Trinajstić information content (AvgIpc) is 1.93. The summed E-state index contributed by atoms with van der Waals surface area (Å²) in [5.41, 5.74) is 0. The average molecular weight is 126 g/mol. The molecule has 0 saturated carbocycles. The quantitative estimate of drug-likeness (QED) is 0.525. The van der Waals surface area contributed by atoms with Crippen LogP contribution >= 0.6 is 0 Å². The van der Waals surface area contributed by atoms with Gasteiger partial charge < -0.3 is 5.11 Å². The third-order valence-electron chi connectivity index (χ3n) is 0.883. The maximum absolute atomic E-state index is 7.57. The molecule has 0 bridgehead atoms. The molecule has 1 heteroatoms. The van der Waals surface area contributed by atoms with Crippen LogP contribution in [0.4, 0.5) is 0 Å². The van der Waals surface area contributed by atoms with Crippen LogP contribution in [-0.2, 0) is 0 Å². The Morgan fingerprint density at radius 3 is 1.67 bits per heavy atom. The predicted octanol–water partition coefficient (Wildman–Crippen LogP) is 1.89. The first-order valence-electron chi connectivity index (χ1n) is 3.34. The van der Waals surface area contributed by atoms with Gasteiger partial charge in [0.15, 0.2) is 0 Å². The number of aliphatic hydroxyl groups is 1. The van der Waals surface area contributed by atoms with Crippen LogP contribution in [-0.4, -0.2) is 11.7 Å². The van der Waals surface area contributed by atoms with Crippen LogP contribution in [0.25, 0.3) is 0 Å². The van der Waals surface area contributed by atoms with E-state index in [1.54, 1.807) is 6.92 Å². The van der Waals surface area contributed by atoms with Gasteiger partial charge in [0.2, 0.25) is 0 Å². The van der Waals surface area contributed by atoms with E-state index in [9.17, 15) is 0 Å². The van der Waals surface area contributed by atoms with Gasteiger partial charge in [-0.2, -0.15) is 0 Å². The molecule has 1 rings (SSSR count). The minimum atomic E-state index is 0.250. The van der Waals surface area contributed by atoms with E-state index in [4.69, 9.17) is 5.11 Å². The molecule has 0 fully saturated rings. The third kappa shape index (κ3) is 7.44. The van der Waals surface area contributed by atoms with E-state index in [0.29, 0.717) is 0 Å². The van der Waals surface area contributed by atoms with E-state index < -0.39 is 0 Å². The van der Waals surface area contributed by atoms with Crippen LogP contribution in [0.5, 0.6) is 0 Å². The van der Waals surface area contributed by atoms with E-state index in [2.05, 4.69) is 24.3 Å². The molecule has 0 atom stereocenters. The van der Waals surface area contributed by atoms with Crippen LogP contribution in [0.3, 0.4) is 0 Å². The van der Waals surface area contributed by atoms with Crippen molar-refractivity contribution in [2.75, 3.05) is 6.61 Å². The summed E-state index contributed by atoms with van der Waals surface area (Å²) < 4.78 is 0. The lowest BCUT2D eigenvalue weighted by Crippen LogP contribution is -1.67. The van der Waals surface area contributed by atoms with Gasteiger partial charge in [-0.3, -0.25) is 0 Å². The maximum Gasteiger partial charge on any atom is 0.0402 e. The Morgan fingerprint density at radius 2 is 1.56 bits per heavy atom. The highest BCUT2D eigenvalue weighted by Crippen LogP contribution is 1.98. The molecule has 1 aliphatic rings. The van der Waals surface area contributed by atoms with Gasteiger partial charge in [0.25, 0.3) is 0 Å². The normalized spacial score (nSPS) is 14.4. The molecular formula is C8H14O. The smallest absolute Gasteiger partial charge is 0.0402 e. The lowest BCUT2D eigenvalue weighted by atomic mass is 10.2. The Morgan fingerprint density at radius 1 is 1.22 bits per heavy atom. The largest absolute Gasteiger partial charge is 0.397 e. The molecule has 1 nitrogen and oxygen atoms in total. The fourth-order valence-electron chi connectivity index (χ4n) is 0.542. The molecule has 0 aromatic heterocycles. The van der Waals surface area contributed by atoms with Crippen LogP contribution in [0.1, 0.15) is 19.8 Å². The monoisotopic (exact) mass is 126 g/mol. The van der Waals surface area contributed by atoms with Crippen molar-refractivity contribution >= 4 is 0 Å². The second-order valence-corrected chi connectivity index (χ2v) is 1.75.